The molecule has 4 N–H and O–H groups in total. The molecule has 1 unspecified atom stereocenters. The Hall–Kier alpha value is -3.46. The van der Waals surface area contributed by atoms with E-state index in [2.05, 4.69) is 15.7 Å². The second-order valence-corrected chi connectivity index (χ2v) is 8.45. The Labute approximate surface area is 201 Å². The van der Waals surface area contributed by atoms with Crippen LogP contribution < -0.4 is 20.1 Å². The van der Waals surface area contributed by atoms with E-state index in [0.717, 1.165) is 39.2 Å². The van der Waals surface area contributed by atoms with Crippen LogP contribution in [0.1, 0.15) is 0 Å². The molecule has 4 aromatic rings. The minimum Gasteiger partial charge on any atom is -0.486 e. The maximum Gasteiger partial charge on any atom is 0.161 e. The van der Waals surface area contributed by atoms with E-state index in [1.54, 1.807) is 4.68 Å². The number of aromatic nitrogens is 2. The third-order valence-electron chi connectivity index (χ3n) is 5.71. The van der Waals surface area contributed by atoms with Crippen LogP contribution in [-0.4, -0.2) is 52.5 Å². The lowest BCUT2D eigenvalue weighted by Crippen LogP contribution is -2.22. The lowest BCUT2D eigenvalue weighted by atomic mass is 10.0. The number of nitrogens with zero attached hydrogens (tertiary/aromatic N) is 2. The molecule has 34 heavy (non-hydrogen) atoms. The molecule has 0 amide bonds. The van der Waals surface area contributed by atoms with Crippen molar-refractivity contribution < 1.29 is 19.7 Å². The average molecular weight is 481 g/mol. The molecular weight excluding hydrogens is 456 g/mol. The number of aryl methyl sites for hydroxylation is 1. The minimum atomic E-state index is -0.817. The van der Waals surface area contributed by atoms with Crippen LogP contribution in [-0.2, 0) is 7.05 Å². The van der Waals surface area contributed by atoms with Crippen molar-refractivity contribution in [2.45, 2.75) is 6.10 Å². The van der Waals surface area contributed by atoms with Crippen LogP contribution in [0.3, 0.4) is 0 Å². The summed E-state index contributed by atoms with van der Waals surface area (Å²) < 4.78 is 13.1. The molecule has 8 nitrogen and oxygen atoms in total. The third kappa shape index (κ3) is 4.35. The van der Waals surface area contributed by atoms with Crippen LogP contribution in [0, 0.1) is 0 Å². The Bertz CT molecular complexity index is 1340. The summed E-state index contributed by atoms with van der Waals surface area (Å²) in [6, 6.07) is 17.4. The normalized spacial score (nSPS) is 13.6. The molecule has 1 aromatic heterocycles. The zero-order valence-corrected chi connectivity index (χ0v) is 19.3. The molecule has 5 rings (SSSR count). The van der Waals surface area contributed by atoms with Gasteiger partial charge in [0.15, 0.2) is 17.3 Å². The van der Waals surface area contributed by atoms with E-state index in [1.807, 2.05) is 61.6 Å². The van der Waals surface area contributed by atoms with E-state index in [0.29, 0.717) is 29.8 Å². The standard InChI is InChI=1S/C25H25ClN4O4/c1-30-21-12-16(27-13-17(32)14-31)6-7-19(21)25(29-30)28-20-4-2-3-18(24(20)26)15-5-8-22-23(11-15)34-10-9-33-22/h2-8,11-12,17,27,31-32H,9-10,13-14H2,1H3,(H,28,29). The van der Waals surface area contributed by atoms with Crippen molar-refractivity contribution in [3.63, 3.8) is 0 Å². The van der Waals surface area contributed by atoms with Gasteiger partial charge in [0.2, 0.25) is 0 Å². The van der Waals surface area contributed by atoms with Crippen LogP contribution in [0.25, 0.3) is 22.0 Å². The zero-order chi connectivity index (χ0) is 23.7. The molecule has 3 aromatic carbocycles. The molecule has 2 heterocycles. The van der Waals surface area contributed by atoms with Gasteiger partial charge in [-0.3, -0.25) is 4.68 Å². The molecule has 1 aliphatic heterocycles. The first-order chi connectivity index (χ1) is 16.5. The van der Waals surface area contributed by atoms with Gasteiger partial charge in [-0.1, -0.05) is 29.8 Å². The first-order valence-corrected chi connectivity index (χ1v) is 11.4. The predicted molar refractivity (Wildman–Crippen MR) is 133 cm³/mol. The molecule has 1 aliphatic rings. The number of ether oxygens (including phenoxy) is 2. The Morgan fingerprint density at radius 1 is 1.09 bits per heavy atom. The van der Waals surface area contributed by atoms with Crippen molar-refractivity contribution in [1.82, 2.24) is 9.78 Å². The number of aliphatic hydroxyl groups excluding tert-OH is 2. The molecule has 0 spiro atoms. The Balaban J connectivity index is 1.43. The highest BCUT2D eigenvalue weighted by atomic mass is 35.5. The smallest absolute Gasteiger partial charge is 0.161 e. The first kappa shape index (κ1) is 22.3. The van der Waals surface area contributed by atoms with Gasteiger partial charge in [0.05, 0.1) is 28.9 Å². The molecule has 9 heteroatoms. The summed E-state index contributed by atoms with van der Waals surface area (Å²) in [6.45, 7) is 1.04. The minimum absolute atomic E-state index is 0.257. The fraction of sp³-hybridized carbons (Fsp3) is 0.240. The largest absolute Gasteiger partial charge is 0.486 e. The van der Waals surface area contributed by atoms with E-state index in [9.17, 15) is 5.11 Å². The van der Waals surface area contributed by atoms with Crippen molar-refractivity contribution >= 4 is 39.7 Å². The van der Waals surface area contributed by atoms with E-state index in [4.69, 9.17) is 26.2 Å². The Morgan fingerprint density at radius 2 is 1.91 bits per heavy atom. The highest BCUT2D eigenvalue weighted by molar-refractivity contribution is 6.36. The number of anilines is 3. The second kappa shape index (κ2) is 9.42. The van der Waals surface area contributed by atoms with Crippen LogP contribution >= 0.6 is 11.6 Å². The van der Waals surface area contributed by atoms with Gasteiger partial charge in [-0.2, -0.15) is 5.10 Å². The van der Waals surface area contributed by atoms with Crippen molar-refractivity contribution in [2.24, 2.45) is 7.05 Å². The number of rotatable bonds is 7. The van der Waals surface area contributed by atoms with Gasteiger partial charge in [0, 0.05) is 30.2 Å². The Kier molecular flexibility index (Phi) is 6.19. The lowest BCUT2D eigenvalue weighted by Gasteiger charge is -2.19. The summed E-state index contributed by atoms with van der Waals surface area (Å²) in [7, 11) is 1.87. The van der Waals surface area contributed by atoms with Gasteiger partial charge in [-0.25, -0.2) is 0 Å². The van der Waals surface area contributed by atoms with Gasteiger partial charge in [-0.05, 0) is 42.0 Å². The van der Waals surface area contributed by atoms with Gasteiger partial charge < -0.3 is 30.3 Å². The number of benzene rings is 3. The summed E-state index contributed by atoms with van der Waals surface area (Å²) >= 11 is 6.82. The zero-order valence-electron chi connectivity index (χ0n) is 18.6. The van der Waals surface area contributed by atoms with Crippen molar-refractivity contribution in [2.75, 3.05) is 37.0 Å². The summed E-state index contributed by atoms with van der Waals surface area (Å²) in [5.74, 6) is 2.13. The number of halogens is 1. The highest BCUT2D eigenvalue weighted by Crippen LogP contribution is 2.40. The predicted octanol–water partition coefficient (Wildman–Crippen LogP) is 4.17. The van der Waals surface area contributed by atoms with Gasteiger partial charge in [0.1, 0.15) is 13.2 Å². The van der Waals surface area contributed by atoms with Gasteiger partial charge in [0.25, 0.3) is 0 Å². The van der Waals surface area contributed by atoms with Gasteiger partial charge in [-0.15, -0.1) is 0 Å². The molecule has 0 bridgehead atoms. The van der Waals surface area contributed by atoms with Crippen LogP contribution in [0.15, 0.2) is 54.6 Å². The summed E-state index contributed by atoms with van der Waals surface area (Å²) in [4.78, 5) is 0. The summed E-state index contributed by atoms with van der Waals surface area (Å²) in [6.07, 6.45) is -0.817. The summed E-state index contributed by atoms with van der Waals surface area (Å²) in [5.41, 5.74) is 4.28. The molecule has 0 radical (unpaired) electrons. The van der Waals surface area contributed by atoms with Crippen molar-refractivity contribution in [3.05, 3.63) is 59.6 Å². The number of aliphatic hydroxyl groups is 2. The molecule has 0 fully saturated rings. The van der Waals surface area contributed by atoms with E-state index in [-0.39, 0.29) is 13.2 Å². The third-order valence-corrected chi connectivity index (χ3v) is 6.12. The quantitative estimate of drug-likeness (QED) is 0.315. The monoisotopic (exact) mass is 480 g/mol. The van der Waals surface area contributed by atoms with Crippen molar-refractivity contribution in [3.8, 4) is 22.6 Å². The van der Waals surface area contributed by atoms with E-state index < -0.39 is 6.10 Å². The molecule has 0 aliphatic carbocycles. The average Bonchev–Trinajstić information content (AvgIpc) is 3.17. The van der Waals surface area contributed by atoms with E-state index >= 15 is 0 Å². The number of fused-ring (bicyclic) bond motifs is 2. The fourth-order valence-corrected chi connectivity index (χ4v) is 4.23. The van der Waals surface area contributed by atoms with Gasteiger partial charge >= 0.3 is 0 Å². The highest BCUT2D eigenvalue weighted by Gasteiger charge is 2.16. The molecule has 176 valence electrons. The van der Waals surface area contributed by atoms with Crippen LogP contribution in [0.2, 0.25) is 5.02 Å². The SMILES string of the molecule is Cn1nc(Nc2cccc(-c3ccc4c(c3)OCCO4)c2Cl)c2ccc(NCC(O)CO)cc21. The maximum atomic E-state index is 9.58. The number of nitrogens with one attached hydrogen (secondary N) is 2. The molecule has 0 saturated carbocycles. The topological polar surface area (TPSA) is 101 Å². The first-order valence-electron chi connectivity index (χ1n) is 11.0. The molecule has 0 saturated heterocycles. The Morgan fingerprint density at radius 3 is 2.74 bits per heavy atom. The van der Waals surface area contributed by atoms with E-state index in [1.165, 1.54) is 0 Å². The lowest BCUT2D eigenvalue weighted by molar-refractivity contribution is 0.105. The van der Waals surface area contributed by atoms with Crippen molar-refractivity contribution in [1.29, 1.82) is 0 Å². The van der Waals surface area contributed by atoms with Crippen LogP contribution in [0.4, 0.5) is 17.2 Å². The number of hydrogen-bond donors (Lipinski definition) is 4. The summed E-state index contributed by atoms with van der Waals surface area (Å²) in [5, 5.41) is 31.2. The maximum absolute atomic E-state index is 9.58. The fourth-order valence-electron chi connectivity index (χ4n) is 3.95. The molecule has 1 atom stereocenters. The second-order valence-electron chi connectivity index (χ2n) is 8.07. The van der Waals surface area contributed by atoms with Crippen LogP contribution in [0.5, 0.6) is 11.5 Å². The molecular formula is C25H25ClN4O4. The number of hydrogen-bond acceptors (Lipinski definition) is 7.